The van der Waals surface area contributed by atoms with Crippen molar-refractivity contribution in [2.45, 2.75) is 58.8 Å². The molecule has 0 radical (unpaired) electrons. The topological polar surface area (TPSA) is 61.4 Å². The van der Waals surface area contributed by atoms with Gasteiger partial charge in [0.1, 0.15) is 0 Å². The van der Waals surface area contributed by atoms with Gasteiger partial charge in [-0.1, -0.05) is 13.8 Å². The van der Waals surface area contributed by atoms with Crippen LogP contribution < -0.4 is 10.6 Å². The minimum Gasteiger partial charge on any atom is -0.356 e. The molecule has 24 heavy (non-hydrogen) atoms. The standard InChI is InChI=1S/C19H35N3O2/c1-3-5-18(23)21-13-16-6-4-11-22(14-16)19(24)12-15(2)17-7-9-20-10-8-17/h15-17,20H,3-14H2,1-2H3,(H,21,23). The van der Waals surface area contributed by atoms with Crippen LogP contribution in [-0.2, 0) is 9.59 Å². The van der Waals surface area contributed by atoms with Crippen molar-refractivity contribution in [3.63, 3.8) is 0 Å². The van der Waals surface area contributed by atoms with Gasteiger partial charge in [-0.05, 0) is 62.9 Å². The van der Waals surface area contributed by atoms with Crippen molar-refractivity contribution in [1.82, 2.24) is 15.5 Å². The maximum absolute atomic E-state index is 12.7. The lowest BCUT2D eigenvalue weighted by Crippen LogP contribution is -2.44. The largest absolute Gasteiger partial charge is 0.356 e. The van der Waals surface area contributed by atoms with Crippen LogP contribution in [0.4, 0.5) is 0 Å². The van der Waals surface area contributed by atoms with Crippen LogP contribution >= 0.6 is 0 Å². The molecule has 138 valence electrons. The number of likely N-dealkylation sites (tertiary alicyclic amines) is 1. The Bertz CT molecular complexity index is 407. The summed E-state index contributed by atoms with van der Waals surface area (Å²) in [7, 11) is 0. The molecule has 2 heterocycles. The van der Waals surface area contributed by atoms with Gasteiger partial charge in [0.05, 0.1) is 0 Å². The maximum atomic E-state index is 12.7. The molecule has 2 aliphatic heterocycles. The fourth-order valence-corrected chi connectivity index (χ4v) is 4.02. The summed E-state index contributed by atoms with van der Waals surface area (Å²) in [4.78, 5) is 26.3. The third kappa shape index (κ3) is 6.08. The predicted octanol–water partition coefficient (Wildman–Crippen LogP) is 2.17. The van der Waals surface area contributed by atoms with E-state index in [0.717, 1.165) is 45.4 Å². The van der Waals surface area contributed by atoms with Gasteiger partial charge in [0, 0.05) is 32.5 Å². The van der Waals surface area contributed by atoms with E-state index in [4.69, 9.17) is 0 Å². The fourth-order valence-electron chi connectivity index (χ4n) is 4.02. The second-order valence-electron chi connectivity index (χ2n) is 7.67. The molecular formula is C19H35N3O2. The Labute approximate surface area is 146 Å². The van der Waals surface area contributed by atoms with Crippen molar-refractivity contribution in [3.8, 4) is 0 Å². The number of hydrogen-bond acceptors (Lipinski definition) is 3. The molecule has 2 unspecified atom stereocenters. The van der Waals surface area contributed by atoms with E-state index in [9.17, 15) is 9.59 Å². The summed E-state index contributed by atoms with van der Waals surface area (Å²) in [5.41, 5.74) is 0. The van der Waals surface area contributed by atoms with Crippen molar-refractivity contribution < 1.29 is 9.59 Å². The van der Waals surface area contributed by atoms with Gasteiger partial charge in [-0.3, -0.25) is 9.59 Å². The average Bonchev–Trinajstić information content (AvgIpc) is 2.61. The first-order valence-electron chi connectivity index (χ1n) is 9.85. The van der Waals surface area contributed by atoms with Crippen molar-refractivity contribution >= 4 is 11.8 Å². The summed E-state index contributed by atoms with van der Waals surface area (Å²) < 4.78 is 0. The summed E-state index contributed by atoms with van der Waals surface area (Å²) in [6, 6.07) is 0. The summed E-state index contributed by atoms with van der Waals surface area (Å²) in [6.07, 6.45) is 6.72. The second-order valence-corrected chi connectivity index (χ2v) is 7.67. The number of amides is 2. The Hall–Kier alpha value is -1.10. The van der Waals surface area contributed by atoms with Gasteiger partial charge in [-0.25, -0.2) is 0 Å². The fraction of sp³-hybridized carbons (Fsp3) is 0.895. The zero-order valence-electron chi connectivity index (χ0n) is 15.5. The Morgan fingerprint density at radius 1 is 1.25 bits per heavy atom. The van der Waals surface area contributed by atoms with Gasteiger partial charge >= 0.3 is 0 Å². The van der Waals surface area contributed by atoms with Crippen molar-refractivity contribution in [2.75, 3.05) is 32.7 Å². The van der Waals surface area contributed by atoms with E-state index < -0.39 is 0 Å². The Morgan fingerprint density at radius 3 is 2.71 bits per heavy atom. The Morgan fingerprint density at radius 2 is 2.00 bits per heavy atom. The number of nitrogens with one attached hydrogen (secondary N) is 2. The highest BCUT2D eigenvalue weighted by molar-refractivity contribution is 5.77. The highest BCUT2D eigenvalue weighted by Crippen LogP contribution is 2.26. The van der Waals surface area contributed by atoms with Gasteiger partial charge < -0.3 is 15.5 Å². The predicted molar refractivity (Wildman–Crippen MR) is 96.6 cm³/mol. The minimum absolute atomic E-state index is 0.139. The highest BCUT2D eigenvalue weighted by Gasteiger charge is 2.27. The summed E-state index contributed by atoms with van der Waals surface area (Å²) in [6.45, 7) is 8.84. The molecule has 2 atom stereocenters. The average molecular weight is 338 g/mol. The number of hydrogen-bond donors (Lipinski definition) is 2. The molecule has 2 N–H and O–H groups in total. The van der Waals surface area contributed by atoms with Gasteiger partial charge in [0.2, 0.25) is 11.8 Å². The van der Waals surface area contributed by atoms with Crippen LogP contribution in [0, 0.1) is 17.8 Å². The van der Waals surface area contributed by atoms with E-state index in [2.05, 4.69) is 17.6 Å². The van der Waals surface area contributed by atoms with Gasteiger partial charge in [0.15, 0.2) is 0 Å². The molecule has 2 amide bonds. The van der Waals surface area contributed by atoms with E-state index >= 15 is 0 Å². The lowest BCUT2D eigenvalue weighted by molar-refractivity contribution is -0.134. The first kappa shape index (κ1) is 19.2. The normalized spacial score (nSPS) is 23.8. The molecule has 5 heteroatoms. The van der Waals surface area contributed by atoms with Crippen LogP contribution in [0.15, 0.2) is 0 Å². The molecular weight excluding hydrogens is 302 g/mol. The molecule has 2 saturated heterocycles. The van der Waals surface area contributed by atoms with Crippen molar-refractivity contribution in [2.24, 2.45) is 17.8 Å². The van der Waals surface area contributed by atoms with Crippen molar-refractivity contribution in [1.29, 1.82) is 0 Å². The van der Waals surface area contributed by atoms with Crippen LogP contribution in [0.1, 0.15) is 58.8 Å². The molecule has 0 aromatic rings. The molecule has 0 aromatic heterocycles. The summed E-state index contributed by atoms with van der Waals surface area (Å²) in [5.74, 6) is 2.03. The minimum atomic E-state index is 0.139. The van der Waals surface area contributed by atoms with Crippen molar-refractivity contribution in [3.05, 3.63) is 0 Å². The molecule has 0 saturated carbocycles. The quantitative estimate of drug-likeness (QED) is 0.748. The van der Waals surface area contributed by atoms with Gasteiger partial charge in [-0.15, -0.1) is 0 Å². The van der Waals surface area contributed by atoms with Crippen LogP contribution in [0.5, 0.6) is 0 Å². The van der Waals surface area contributed by atoms with Gasteiger partial charge in [0.25, 0.3) is 0 Å². The first-order valence-corrected chi connectivity index (χ1v) is 9.85. The highest BCUT2D eigenvalue weighted by atomic mass is 16.2. The first-order chi connectivity index (χ1) is 11.6. The summed E-state index contributed by atoms with van der Waals surface area (Å²) in [5, 5.41) is 6.42. The Kier molecular flexibility index (Phi) is 8.03. The number of nitrogens with zero attached hydrogens (tertiary/aromatic N) is 1. The van der Waals surface area contributed by atoms with E-state index in [1.165, 1.54) is 12.8 Å². The number of carbonyl (C=O) groups is 2. The van der Waals surface area contributed by atoms with Crippen LogP contribution in [0.2, 0.25) is 0 Å². The van der Waals surface area contributed by atoms with Crippen LogP contribution in [0.25, 0.3) is 0 Å². The zero-order chi connectivity index (χ0) is 17.4. The molecule has 2 fully saturated rings. The second kappa shape index (κ2) is 10.0. The monoisotopic (exact) mass is 337 g/mol. The maximum Gasteiger partial charge on any atom is 0.222 e. The molecule has 0 aliphatic carbocycles. The molecule has 2 aliphatic rings. The summed E-state index contributed by atoms with van der Waals surface area (Å²) >= 11 is 0. The van der Waals surface area contributed by atoms with Crippen LogP contribution in [0.3, 0.4) is 0 Å². The smallest absolute Gasteiger partial charge is 0.222 e. The van der Waals surface area contributed by atoms with E-state index in [1.54, 1.807) is 0 Å². The molecule has 0 aromatic carbocycles. The third-order valence-corrected chi connectivity index (χ3v) is 5.62. The van der Waals surface area contributed by atoms with E-state index in [1.807, 2.05) is 11.8 Å². The Balaban J connectivity index is 1.74. The SMILES string of the molecule is CCCC(=O)NCC1CCCN(C(=O)CC(C)C2CCNCC2)C1. The molecule has 0 bridgehead atoms. The number of piperidine rings is 2. The van der Waals surface area contributed by atoms with E-state index in [0.29, 0.717) is 43.0 Å². The lowest BCUT2D eigenvalue weighted by Gasteiger charge is -2.35. The zero-order valence-corrected chi connectivity index (χ0v) is 15.5. The number of carbonyl (C=O) groups excluding carboxylic acids is 2. The molecule has 0 spiro atoms. The lowest BCUT2D eigenvalue weighted by atomic mass is 9.83. The van der Waals surface area contributed by atoms with E-state index in [-0.39, 0.29) is 5.91 Å². The third-order valence-electron chi connectivity index (χ3n) is 5.62. The number of rotatable bonds is 7. The molecule has 5 nitrogen and oxygen atoms in total. The molecule has 2 rings (SSSR count). The van der Waals surface area contributed by atoms with Gasteiger partial charge in [-0.2, -0.15) is 0 Å². The van der Waals surface area contributed by atoms with Crippen LogP contribution in [-0.4, -0.2) is 49.4 Å².